The van der Waals surface area contributed by atoms with Crippen LogP contribution in [0.15, 0.2) is 113 Å². The summed E-state index contributed by atoms with van der Waals surface area (Å²) in [5.41, 5.74) is 4.48. The van der Waals surface area contributed by atoms with E-state index in [4.69, 9.17) is 0 Å². The standard InChI is InChI=1S/C28H30Si/c1-21-22(2)27(28(4,5)23(21)3)29(24-15-9-6-10-16-24,25-17-11-7-12-18-25)26-19-13-8-14-20-26/h6-20H,1-5H3. The first kappa shape index (κ1) is 19.7. The van der Waals surface area contributed by atoms with Gasteiger partial charge in [0.1, 0.15) is 0 Å². The van der Waals surface area contributed by atoms with E-state index in [-0.39, 0.29) is 5.41 Å². The van der Waals surface area contributed by atoms with Crippen LogP contribution in [0.1, 0.15) is 34.6 Å². The molecule has 0 saturated heterocycles. The van der Waals surface area contributed by atoms with Gasteiger partial charge in [-0.05, 0) is 41.9 Å². The molecule has 0 nitrogen and oxygen atoms in total. The van der Waals surface area contributed by atoms with Gasteiger partial charge in [0.25, 0.3) is 0 Å². The molecule has 146 valence electrons. The van der Waals surface area contributed by atoms with Crippen LogP contribution in [-0.2, 0) is 0 Å². The number of hydrogen-bond donors (Lipinski definition) is 0. The van der Waals surface area contributed by atoms with Gasteiger partial charge in [-0.1, -0.05) is 121 Å². The van der Waals surface area contributed by atoms with E-state index in [0.717, 1.165) is 0 Å². The van der Waals surface area contributed by atoms with Crippen LogP contribution in [0.2, 0.25) is 0 Å². The third-order valence-electron chi connectivity index (χ3n) is 7.06. The van der Waals surface area contributed by atoms with Crippen LogP contribution in [0.5, 0.6) is 0 Å². The molecule has 0 amide bonds. The largest absolute Gasteiger partial charge is 0.176 e. The zero-order chi connectivity index (χ0) is 20.6. The maximum absolute atomic E-state index is 2.43. The minimum Gasteiger partial charge on any atom is -0.0623 e. The summed E-state index contributed by atoms with van der Waals surface area (Å²) in [4.78, 5) is 0. The molecule has 0 aliphatic heterocycles. The van der Waals surface area contributed by atoms with Crippen LogP contribution in [0.4, 0.5) is 0 Å². The fourth-order valence-electron chi connectivity index (χ4n) is 5.34. The lowest BCUT2D eigenvalue weighted by atomic mass is 9.87. The van der Waals surface area contributed by atoms with E-state index < -0.39 is 8.07 Å². The number of benzene rings is 3. The van der Waals surface area contributed by atoms with Gasteiger partial charge in [0.15, 0.2) is 8.07 Å². The van der Waals surface area contributed by atoms with Crippen molar-refractivity contribution in [1.29, 1.82) is 0 Å². The maximum Gasteiger partial charge on any atom is 0.176 e. The van der Waals surface area contributed by atoms with E-state index in [1.54, 1.807) is 5.20 Å². The lowest BCUT2D eigenvalue weighted by molar-refractivity contribution is 0.570. The summed E-state index contributed by atoms with van der Waals surface area (Å²) < 4.78 is 0. The van der Waals surface area contributed by atoms with Gasteiger partial charge in [-0.25, -0.2) is 0 Å². The molecule has 3 aromatic carbocycles. The lowest BCUT2D eigenvalue weighted by Crippen LogP contribution is -2.70. The Kier molecular flexibility index (Phi) is 4.96. The van der Waals surface area contributed by atoms with Gasteiger partial charge >= 0.3 is 0 Å². The van der Waals surface area contributed by atoms with E-state index in [9.17, 15) is 0 Å². The monoisotopic (exact) mass is 394 g/mol. The Labute approximate surface area is 176 Å². The number of rotatable bonds is 4. The number of hydrogen-bond acceptors (Lipinski definition) is 0. The van der Waals surface area contributed by atoms with Gasteiger partial charge in [0, 0.05) is 5.41 Å². The maximum atomic E-state index is 2.42. The number of allylic oxidation sites excluding steroid dienone is 4. The molecule has 1 aliphatic carbocycles. The average Bonchev–Trinajstić information content (AvgIpc) is 2.91. The van der Waals surface area contributed by atoms with Crippen LogP contribution in [0.3, 0.4) is 0 Å². The highest BCUT2D eigenvalue weighted by Gasteiger charge is 2.51. The van der Waals surface area contributed by atoms with E-state index in [0.29, 0.717) is 0 Å². The van der Waals surface area contributed by atoms with Crippen molar-refractivity contribution in [3.8, 4) is 0 Å². The first-order valence-electron chi connectivity index (χ1n) is 10.5. The molecule has 1 aliphatic rings. The van der Waals surface area contributed by atoms with Crippen molar-refractivity contribution in [3.63, 3.8) is 0 Å². The zero-order valence-electron chi connectivity index (χ0n) is 18.2. The summed E-state index contributed by atoms with van der Waals surface area (Å²) in [6.07, 6.45) is 0. The second-order valence-corrected chi connectivity index (χ2v) is 12.5. The van der Waals surface area contributed by atoms with Crippen molar-refractivity contribution in [2.45, 2.75) is 34.6 Å². The summed E-state index contributed by atoms with van der Waals surface area (Å²) >= 11 is 0. The van der Waals surface area contributed by atoms with Gasteiger partial charge in [-0.15, -0.1) is 0 Å². The predicted molar refractivity (Wildman–Crippen MR) is 129 cm³/mol. The fourth-order valence-corrected chi connectivity index (χ4v) is 11.2. The van der Waals surface area contributed by atoms with Crippen LogP contribution in [0, 0.1) is 5.41 Å². The van der Waals surface area contributed by atoms with Crippen LogP contribution < -0.4 is 15.6 Å². The van der Waals surface area contributed by atoms with Crippen LogP contribution in [-0.4, -0.2) is 8.07 Å². The first-order chi connectivity index (χ1) is 13.9. The molecule has 0 spiro atoms. The van der Waals surface area contributed by atoms with Crippen molar-refractivity contribution >= 4 is 23.6 Å². The van der Waals surface area contributed by atoms with E-state index in [2.05, 4.69) is 126 Å². The van der Waals surface area contributed by atoms with Gasteiger partial charge < -0.3 is 0 Å². The molecular formula is C28H30Si. The van der Waals surface area contributed by atoms with E-state index >= 15 is 0 Å². The summed E-state index contributed by atoms with van der Waals surface area (Å²) in [5, 5.41) is 6.01. The Morgan fingerprint density at radius 1 is 0.517 bits per heavy atom. The third kappa shape index (κ3) is 2.88. The van der Waals surface area contributed by atoms with E-state index in [1.165, 1.54) is 32.3 Å². The van der Waals surface area contributed by atoms with Crippen molar-refractivity contribution in [1.82, 2.24) is 0 Å². The van der Waals surface area contributed by atoms with Gasteiger partial charge in [-0.2, -0.15) is 0 Å². The average molecular weight is 395 g/mol. The molecular weight excluding hydrogens is 364 g/mol. The molecule has 0 unspecified atom stereocenters. The highest BCUT2D eigenvalue weighted by Crippen LogP contribution is 2.49. The summed E-state index contributed by atoms with van der Waals surface area (Å²) in [5.74, 6) is 0. The predicted octanol–water partition coefficient (Wildman–Crippen LogP) is 5.39. The zero-order valence-corrected chi connectivity index (χ0v) is 19.2. The molecule has 3 aromatic rings. The topological polar surface area (TPSA) is 0 Å². The molecule has 1 heteroatoms. The van der Waals surface area contributed by atoms with Crippen molar-refractivity contribution < 1.29 is 0 Å². The molecule has 0 fully saturated rings. The highest BCUT2D eigenvalue weighted by atomic mass is 28.3. The smallest absolute Gasteiger partial charge is 0.0623 e. The summed E-state index contributed by atoms with van der Waals surface area (Å²) in [7, 11) is -2.43. The molecule has 0 bridgehead atoms. The second kappa shape index (κ2) is 7.31. The van der Waals surface area contributed by atoms with Crippen molar-refractivity contribution in [2.24, 2.45) is 5.41 Å². The second-order valence-electron chi connectivity index (χ2n) is 8.72. The minimum absolute atomic E-state index is 0.0297. The molecule has 0 aromatic heterocycles. The Hall–Kier alpha value is -2.64. The molecule has 0 saturated carbocycles. The third-order valence-corrected chi connectivity index (χ3v) is 12.4. The summed E-state index contributed by atoms with van der Waals surface area (Å²) in [6, 6.07) is 33.7. The van der Waals surface area contributed by atoms with Crippen LogP contribution >= 0.6 is 0 Å². The Bertz CT molecular complexity index is 974. The fraction of sp³-hybridized carbons (Fsp3) is 0.214. The van der Waals surface area contributed by atoms with E-state index in [1.807, 2.05) is 0 Å². The van der Waals surface area contributed by atoms with Gasteiger partial charge in [-0.3, -0.25) is 0 Å². The van der Waals surface area contributed by atoms with Gasteiger partial charge in [0.05, 0.1) is 0 Å². The molecule has 0 atom stereocenters. The van der Waals surface area contributed by atoms with Crippen LogP contribution in [0.25, 0.3) is 0 Å². The molecule has 0 radical (unpaired) electrons. The Balaban J connectivity index is 2.20. The molecule has 29 heavy (non-hydrogen) atoms. The summed E-state index contributed by atoms with van der Waals surface area (Å²) in [6.45, 7) is 11.8. The lowest BCUT2D eigenvalue weighted by Gasteiger charge is -2.42. The molecule has 0 heterocycles. The highest BCUT2D eigenvalue weighted by molar-refractivity contribution is 7.16. The normalized spacial score (nSPS) is 16.4. The quantitative estimate of drug-likeness (QED) is 0.411. The SMILES string of the molecule is CC1=C(C)C(C)(C)C([Si](c2ccccc2)(c2ccccc2)c2ccccc2)=C1C. The Morgan fingerprint density at radius 3 is 1.14 bits per heavy atom. The Morgan fingerprint density at radius 2 is 0.862 bits per heavy atom. The van der Waals surface area contributed by atoms with Crippen molar-refractivity contribution in [2.75, 3.05) is 0 Å². The minimum atomic E-state index is -2.43. The molecule has 0 N–H and O–H groups in total. The van der Waals surface area contributed by atoms with Gasteiger partial charge in [0.2, 0.25) is 0 Å². The first-order valence-corrected chi connectivity index (χ1v) is 12.5. The molecule has 4 rings (SSSR count). The van der Waals surface area contributed by atoms with Crippen molar-refractivity contribution in [3.05, 3.63) is 113 Å².